The van der Waals surface area contributed by atoms with Crippen molar-refractivity contribution in [3.05, 3.63) is 77.9 Å². The molecule has 0 unspecified atom stereocenters. The minimum Gasteiger partial charge on any atom is -0.489 e. The zero-order valence-electron chi connectivity index (χ0n) is 15.5. The van der Waals surface area contributed by atoms with Gasteiger partial charge in [0.2, 0.25) is 0 Å². The summed E-state index contributed by atoms with van der Waals surface area (Å²) in [4.78, 5) is 22.7. The molecule has 142 valence electrons. The summed E-state index contributed by atoms with van der Waals surface area (Å²) >= 11 is 0. The highest BCUT2D eigenvalue weighted by atomic mass is 16.5. The molecule has 0 atom stereocenters. The van der Waals surface area contributed by atoms with E-state index < -0.39 is 11.8 Å². The number of fused-ring (bicyclic) bond motifs is 1. The number of ether oxygens (including phenoxy) is 1. The van der Waals surface area contributed by atoms with Crippen molar-refractivity contribution in [2.24, 2.45) is 5.10 Å². The largest absolute Gasteiger partial charge is 0.489 e. The molecule has 6 heteroatoms. The maximum atomic E-state index is 11.4. The van der Waals surface area contributed by atoms with Crippen LogP contribution in [-0.2, 0) is 16.2 Å². The van der Waals surface area contributed by atoms with Gasteiger partial charge in [-0.15, -0.1) is 0 Å². The summed E-state index contributed by atoms with van der Waals surface area (Å²) in [6, 6.07) is 21.7. The number of likely N-dealkylation sites (N-methyl/N-ethyl adjacent to an activating group) is 1. The Labute approximate surface area is 163 Å². The van der Waals surface area contributed by atoms with Gasteiger partial charge < -0.3 is 10.1 Å². The highest BCUT2D eigenvalue weighted by Gasteiger charge is 2.10. The quantitative estimate of drug-likeness (QED) is 0.395. The molecule has 3 rings (SSSR count). The molecule has 2 N–H and O–H groups in total. The van der Waals surface area contributed by atoms with E-state index in [4.69, 9.17) is 4.74 Å². The molecule has 0 fully saturated rings. The van der Waals surface area contributed by atoms with Crippen LogP contribution in [0.2, 0.25) is 0 Å². The van der Waals surface area contributed by atoms with Crippen LogP contribution < -0.4 is 15.5 Å². The van der Waals surface area contributed by atoms with Gasteiger partial charge in [0.15, 0.2) is 0 Å². The second kappa shape index (κ2) is 9.32. The van der Waals surface area contributed by atoms with Gasteiger partial charge >= 0.3 is 11.8 Å². The summed E-state index contributed by atoms with van der Waals surface area (Å²) in [6.07, 6.45) is 1.46. The fourth-order valence-corrected chi connectivity index (χ4v) is 2.69. The highest BCUT2D eigenvalue weighted by molar-refractivity contribution is 6.35. The molecule has 2 amide bonds. The lowest BCUT2D eigenvalue weighted by Gasteiger charge is -2.09. The van der Waals surface area contributed by atoms with Gasteiger partial charge in [-0.3, -0.25) is 9.59 Å². The van der Waals surface area contributed by atoms with Crippen LogP contribution in [0.15, 0.2) is 71.8 Å². The molecule has 0 aliphatic rings. The molecule has 0 spiro atoms. The first-order valence-electron chi connectivity index (χ1n) is 8.98. The molecule has 28 heavy (non-hydrogen) atoms. The second-order valence-electron chi connectivity index (χ2n) is 6.05. The Bertz CT molecular complexity index is 992. The van der Waals surface area contributed by atoms with Crippen LogP contribution in [0.5, 0.6) is 5.75 Å². The summed E-state index contributed by atoms with van der Waals surface area (Å²) in [7, 11) is 0. The summed E-state index contributed by atoms with van der Waals surface area (Å²) in [5, 5.41) is 8.54. The molecular formula is C22H21N3O3. The molecular weight excluding hydrogens is 354 g/mol. The van der Waals surface area contributed by atoms with Crippen molar-refractivity contribution in [3.8, 4) is 5.75 Å². The van der Waals surface area contributed by atoms with E-state index in [-0.39, 0.29) is 0 Å². The standard InChI is InChI=1S/C22H21N3O3/c1-2-23-21(26)22(27)25-24-14-16-10-12-19(13-11-16)28-15-18-8-5-7-17-6-3-4-9-20(17)18/h3-14H,2,15H2,1H3,(H,23,26)(H,25,27)/b24-14-. The van der Waals surface area contributed by atoms with E-state index >= 15 is 0 Å². The smallest absolute Gasteiger partial charge is 0.329 e. The van der Waals surface area contributed by atoms with Gasteiger partial charge in [-0.25, -0.2) is 5.43 Å². The first-order chi connectivity index (χ1) is 13.7. The molecule has 0 aliphatic heterocycles. The number of carbonyl (C=O) groups excluding carboxylic acids is 2. The topological polar surface area (TPSA) is 79.8 Å². The predicted octanol–water partition coefficient (Wildman–Crippen LogP) is 3.01. The first-order valence-corrected chi connectivity index (χ1v) is 8.98. The zero-order chi connectivity index (χ0) is 19.8. The average molecular weight is 375 g/mol. The van der Waals surface area contributed by atoms with E-state index in [9.17, 15) is 9.59 Å². The van der Waals surface area contributed by atoms with Gasteiger partial charge in [0.05, 0.1) is 6.21 Å². The van der Waals surface area contributed by atoms with Crippen molar-refractivity contribution >= 4 is 28.8 Å². The molecule has 6 nitrogen and oxygen atoms in total. The van der Waals surface area contributed by atoms with Crippen molar-refractivity contribution in [1.29, 1.82) is 0 Å². The first kappa shape index (κ1) is 19.1. The Morgan fingerprint density at radius 1 is 0.964 bits per heavy atom. The van der Waals surface area contributed by atoms with Crippen molar-refractivity contribution in [1.82, 2.24) is 10.7 Å². The van der Waals surface area contributed by atoms with Crippen LogP contribution in [0.3, 0.4) is 0 Å². The SMILES string of the molecule is CCNC(=O)C(=O)N/N=C\c1ccc(OCc2cccc3ccccc23)cc1. The monoisotopic (exact) mass is 375 g/mol. The zero-order valence-corrected chi connectivity index (χ0v) is 15.5. The van der Waals surface area contributed by atoms with Crippen LogP contribution >= 0.6 is 0 Å². The van der Waals surface area contributed by atoms with Crippen molar-refractivity contribution in [2.75, 3.05) is 6.54 Å². The minimum absolute atomic E-state index is 0.385. The molecule has 0 aliphatic carbocycles. The Kier molecular flexibility index (Phi) is 6.36. The molecule has 0 saturated heterocycles. The number of rotatable bonds is 6. The van der Waals surface area contributed by atoms with Gasteiger partial charge in [0.25, 0.3) is 0 Å². The number of amides is 2. The lowest BCUT2D eigenvalue weighted by molar-refractivity contribution is -0.139. The van der Waals surface area contributed by atoms with Crippen LogP contribution in [0.1, 0.15) is 18.1 Å². The van der Waals surface area contributed by atoms with Crippen LogP contribution in [0.4, 0.5) is 0 Å². The van der Waals surface area contributed by atoms with Crippen LogP contribution in [0, 0.1) is 0 Å². The maximum Gasteiger partial charge on any atom is 0.329 e. The molecule has 3 aromatic rings. The van der Waals surface area contributed by atoms with E-state index in [1.54, 1.807) is 6.92 Å². The fraction of sp³-hybridized carbons (Fsp3) is 0.136. The van der Waals surface area contributed by atoms with Crippen molar-refractivity contribution < 1.29 is 14.3 Å². The normalized spacial score (nSPS) is 10.8. The van der Waals surface area contributed by atoms with Crippen LogP contribution in [0.25, 0.3) is 10.8 Å². The Morgan fingerprint density at radius 3 is 2.50 bits per heavy atom. The molecule has 0 radical (unpaired) electrons. The summed E-state index contributed by atoms with van der Waals surface area (Å²) in [5.41, 5.74) is 4.08. The Hall–Kier alpha value is -3.67. The van der Waals surface area contributed by atoms with E-state index in [0.29, 0.717) is 13.2 Å². The van der Waals surface area contributed by atoms with E-state index in [2.05, 4.69) is 40.1 Å². The number of nitrogens with one attached hydrogen (secondary N) is 2. The van der Waals surface area contributed by atoms with Gasteiger partial charge in [0, 0.05) is 6.54 Å². The molecule has 0 aromatic heterocycles. The third-order valence-corrected chi connectivity index (χ3v) is 4.08. The lowest BCUT2D eigenvalue weighted by Crippen LogP contribution is -2.37. The molecule has 0 bridgehead atoms. The van der Waals surface area contributed by atoms with Gasteiger partial charge in [-0.1, -0.05) is 42.5 Å². The predicted molar refractivity (Wildman–Crippen MR) is 109 cm³/mol. The van der Waals surface area contributed by atoms with E-state index in [1.807, 2.05) is 42.5 Å². The number of hydrogen-bond acceptors (Lipinski definition) is 4. The second-order valence-corrected chi connectivity index (χ2v) is 6.05. The molecule has 3 aromatic carbocycles. The summed E-state index contributed by atoms with van der Waals surface area (Å²) in [5.74, 6) is -0.776. The average Bonchev–Trinajstić information content (AvgIpc) is 2.73. The number of carbonyl (C=O) groups is 2. The molecule has 0 saturated carbocycles. The third-order valence-electron chi connectivity index (χ3n) is 4.08. The van der Waals surface area contributed by atoms with Gasteiger partial charge in [-0.2, -0.15) is 5.10 Å². The number of nitrogens with zero attached hydrogens (tertiary/aromatic N) is 1. The lowest BCUT2D eigenvalue weighted by atomic mass is 10.1. The van der Waals surface area contributed by atoms with Crippen molar-refractivity contribution in [3.63, 3.8) is 0 Å². The molecule has 0 heterocycles. The van der Waals surface area contributed by atoms with E-state index in [0.717, 1.165) is 16.9 Å². The minimum atomic E-state index is -0.798. The Balaban J connectivity index is 1.56. The van der Waals surface area contributed by atoms with Gasteiger partial charge in [-0.05, 0) is 53.1 Å². The van der Waals surface area contributed by atoms with Crippen LogP contribution in [-0.4, -0.2) is 24.6 Å². The fourth-order valence-electron chi connectivity index (χ4n) is 2.69. The summed E-state index contributed by atoms with van der Waals surface area (Å²) in [6.45, 7) is 2.59. The number of hydrogen-bond donors (Lipinski definition) is 2. The van der Waals surface area contributed by atoms with Crippen molar-refractivity contribution in [2.45, 2.75) is 13.5 Å². The Morgan fingerprint density at radius 2 is 1.71 bits per heavy atom. The third kappa shape index (κ3) is 4.94. The highest BCUT2D eigenvalue weighted by Crippen LogP contribution is 2.20. The number of hydrazone groups is 1. The number of benzene rings is 3. The van der Waals surface area contributed by atoms with E-state index in [1.165, 1.54) is 17.0 Å². The van der Waals surface area contributed by atoms with Gasteiger partial charge in [0.1, 0.15) is 12.4 Å². The summed E-state index contributed by atoms with van der Waals surface area (Å²) < 4.78 is 5.89. The maximum absolute atomic E-state index is 11.4.